The van der Waals surface area contributed by atoms with E-state index in [1.54, 1.807) is 24.0 Å². The number of hydrogen-bond donors (Lipinski definition) is 2. The lowest BCUT2D eigenvalue weighted by atomic mass is 9.96. The van der Waals surface area contributed by atoms with E-state index in [-0.39, 0.29) is 23.7 Å². The van der Waals surface area contributed by atoms with E-state index >= 15 is 0 Å². The van der Waals surface area contributed by atoms with Crippen LogP contribution in [-0.2, 0) is 0 Å². The molecule has 21 heavy (non-hydrogen) atoms. The highest BCUT2D eigenvalue weighted by Gasteiger charge is 2.21. The van der Waals surface area contributed by atoms with Gasteiger partial charge < -0.3 is 15.3 Å². The van der Waals surface area contributed by atoms with Crippen molar-refractivity contribution in [1.82, 2.24) is 4.90 Å². The molecular weight excluding hydrogens is 271 g/mol. The highest BCUT2D eigenvalue weighted by atomic mass is 19.1. The van der Waals surface area contributed by atoms with Gasteiger partial charge in [0.1, 0.15) is 5.82 Å². The molecule has 4 nitrogen and oxygen atoms in total. The van der Waals surface area contributed by atoms with Crippen molar-refractivity contribution in [3.63, 3.8) is 0 Å². The van der Waals surface area contributed by atoms with Gasteiger partial charge >= 0.3 is 6.03 Å². The molecule has 0 heterocycles. The fourth-order valence-corrected chi connectivity index (χ4v) is 2.00. The Bertz CT molecular complexity index is 484. The highest BCUT2D eigenvalue weighted by Crippen LogP contribution is 2.19. The van der Waals surface area contributed by atoms with Crippen LogP contribution in [0, 0.1) is 18.2 Å². The zero-order chi connectivity index (χ0) is 16.0. The van der Waals surface area contributed by atoms with Crippen LogP contribution < -0.4 is 5.32 Å². The van der Waals surface area contributed by atoms with Crippen molar-refractivity contribution in [3.05, 3.63) is 29.6 Å². The van der Waals surface area contributed by atoms with E-state index in [0.717, 1.165) is 5.56 Å². The largest absolute Gasteiger partial charge is 0.396 e. The van der Waals surface area contributed by atoms with E-state index in [2.05, 4.69) is 5.32 Å². The molecule has 0 aliphatic carbocycles. The van der Waals surface area contributed by atoms with Gasteiger partial charge in [0.25, 0.3) is 0 Å². The molecule has 1 aromatic rings. The van der Waals surface area contributed by atoms with Crippen molar-refractivity contribution in [2.45, 2.75) is 34.1 Å². The van der Waals surface area contributed by atoms with Crippen LogP contribution in [0.5, 0.6) is 0 Å². The first kappa shape index (κ1) is 17.4. The molecule has 118 valence electrons. The summed E-state index contributed by atoms with van der Waals surface area (Å²) in [6, 6.07) is 4.35. The summed E-state index contributed by atoms with van der Waals surface area (Å²) in [6.07, 6.45) is 0.500. The highest BCUT2D eigenvalue weighted by molar-refractivity contribution is 5.89. The lowest BCUT2D eigenvalue weighted by Crippen LogP contribution is -2.41. The van der Waals surface area contributed by atoms with Crippen LogP contribution in [0.15, 0.2) is 18.2 Å². The van der Waals surface area contributed by atoms with Gasteiger partial charge in [-0.05, 0) is 36.5 Å². The maximum absolute atomic E-state index is 13.8. The molecule has 1 aromatic carbocycles. The minimum Gasteiger partial charge on any atom is -0.396 e. The predicted molar refractivity (Wildman–Crippen MR) is 82.9 cm³/mol. The zero-order valence-electron chi connectivity index (χ0n) is 13.2. The molecule has 0 bridgehead atoms. The molecule has 0 aliphatic rings. The molecule has 0 aliphatic heterocycles. The Morgan fingerprint density at radius 3 is 2.57 bits per heavy atom. The maximum atomic E-state index is 13.8. The van der Waals surface area contributed by atoms with Crippen LogP contribution in [0.1, 0.15) is 32.8 Å². The molecule has 5 heteroatoms. The van der Waals surface area contributed by atoms with Gasteiger partial charge in [0, 0.05) is 19.7 Å². The number of rotatable bonds is 5. The Labute approximate surface area is 126 Å². The monoisotopic (exact) mass is 296 g/mol. The first-order valence-corrected chi connectivity index (χ1v) is 7.16. The Hall–Kier alpha value is -1.62. The van der Waals surface area contributed by atoms with E-state index < -0.39 is 5.82 Å². The van der Waals surface area contributed by atoms with Gasteiger partial charge in [-0.1, -0.05) is 26.8 Å². The van der Waals surface area contributed by atoms with Crippen LogP contribution in [0.3, 0.4) is 0 Å². The summed E-state index contributed by atoms with van der Waals surface area (Å²) in [6.45, 7) is 8.87. The number of anilines is 1. The van der Waals surface area contributed by atoms with E-state index in [1.807, 2.05) is 20.8 Å². The number of aryl methyl sites for hydroxylation is 1. The standard InChI is InChI=1S/C16H25FN2O2/c1-12-6-7-14(13(17)10-12)18-15(21)19(8-5-9-20)11-16(2,3)4/h6-7,10,20H,5,8-9,11H2,1-4H3,(H,18,21). The average molecular weight is 296 g/mol. The summed E-state index contributed by atoms with van der Waals surface area (Å²) >= 11 is 0. The summed E-state index contributed by atoms with van der Waals surface area (Å²) in [7, 11) is 0. The molecule has 0 radical (unpaired) electrons. The SMILES string of the molecule is Cc1ccc(NC(=O)N(CCCO)CC(C)(C)C)c(F)c1. The van der Waals surface area contributed by atoms with Crippen LogP contribution in [0.25, 0.3) is 0 Å². The molecule has 0 saturated heterocycles. The van der Waals surface area contributed by atoms with Crippen molar-refractivity contribution < 1.29 is 14.3 Å². The molecule has 0 fully saturated rings. The van der Waals surface area contributed by atoms with Crippen LogP contribution in [0.2, 0.25) is 0 Å². The second-order valence-corrected chi connectivity index (χ2v) is 6.47. The second kappa shape index (κ2) is 7.41. The van der Waals surface area contributed by atoms with E-state index in [4.69, 9.17) is 5.11 Å². The van der Waals surface area contributed by atoms with Crippen molar-refractivity contribution in [3.8, 4) is 0 Å². The van der Waals surface area contributed by atoms with Crippen LogP contribution in [-0.4, -0.2) is 35.7 Å². The number of hydrogen-bond acceptors (Lipinski definition) is 2. The quantitative estimate of drug-likeness (QED) is 0.875. The minimum absolute atomic E-state index is 0.0207. The third kappa shape index (κ3) is 6.12. The van der Waals surface area contributed by atoms with Crippen LogP contribution in [0.4, 0.5) is 14.9 Å². The normalized spacial score (nSPS) is 11.3. The number of amides is 2. The van der Waals surface area contributed by atoms with Gasteiger partial charge in [-0.3, -0.25) is 0 Å². The Balaban J connectivity index is 2.79. The molecule has 0 atom stereocenters. The first-order chi connectivity index (χ1) is 9.73. The van der Waals surface area contributed by atoms with Crippen molar-refractivity contribution in [2.75, 3.05) is 25.0 Å². The molecule has 0 saturated carbocycles. The van der Waals surface area contributed by atoms with Gasteiger partial charge in [0.2, 0.25) is 0 Å². The number of nitrogens with zero attached hydrogens (tertiary/aromatic N) is 1. The lowest BCUT2D eigenvalue weighted by molar-refractivity contribution is 0.176. The fraction of sp³-hybridized carbons (Fsp3) is 0.562. The van der Waals surface area contributed by atoms with Gasteiger partial charge in [-0.2, -0.15) is 0 Å². The van der Waals surface area contributed by atoms with Crippen molar-refractivity contribution in [2.24, 2.45) is 5.41 Å². The summed E-state index contributed by atoms with van der Waals surface area (Å²) in [5.74, 6) is -0.443. The Morgan fingerprint density at radius 1 is 1.38 bits per heavy atom. The van der Waals surface area contributed by atoms with Gasteiger partial charge in [-0.25, -0.2) is 9.18 Å². The van der Waals surface area contributed by atoms with E-state index in [1.165, 1.54) is 6.07 Å². The number of halogens is 1. The molecule has 2 N–H and O–H groups in total. The average Bonchev–Trinajstić information content (AvgIpc) is 2.36. The Morgan fingerprint density at radius 2 is 2.05 bits per heavy atom. The predicted octanol–water partition coefficient (Wildman–Crippen LogP) is 3.40. The summed E-state index contributed by atoms with van der Waals surface area (Å²) in [5, 5.41) is 11.5. The number of nitrogens with one attached hydrogen (secondary N) is 1. The number of carbonyl (C=O) groups excluding carboxylic acids is 1. The van der Waals surface area contributed by atoms with Gasteiger partial charge in [0.05, 0.1) is 5.69 Å². The number of benzene rings is 1. The first-order valence-electron chi connectivity index (χ1n) is 7.16. The summed E-state index contributed by atoms with van der Waals surface area (Å²) in [4.78, 5) is 13.9. The smallest absolute Gasteiger partial charge is 0.321 e. The number of aliphatic hydroxyl groups excluding tert-OH is 1. The van der Waals surface area contributed by atoms with Crippen LogP contribution >= 0.6 is 0 Å². The molecule has 2 amide bonds. The lowest BCUT2D eigenvalue weighted by Gasteiger charge is -2.30. The summed E-state index contributed by atoms with van der Waals surface area (Å²) < 4.78 is 13.8. The van der Waals surface area contributed by atoms with Gasteiger partial charge in [-0.15, -0.1) is 0 Å². The third-order valence-electron chi connectivity index (χ3n) is 2.90. The molecule has 0 unspecified atom stereocenters. The fourth-order valence-electron chi connectivity index (χ4n) is 2.00. The molecule has 0 spiro atoms. The number of urea groups is 1. The van der Waals surface area contributed by atoms with E-state index in [9.17, 15) is 9.18 Å². The zero-order valence-corrected chi connectivity index (χ0v) is 13.2. The molecule has 1 rings (SSSR count). The van der Waals surface area contributed by atoms with E-state index in [0.29, 0.717) is 19.5 Å². The van der Waals surface area contributed by atoms with Crippen molar-refractivity contribution >= 4 is 11.7 Å². The third-order valence-corrected chi connectivity index (χ3v) is 2.90. The summed E-state index contributed by atoms with van der Waals surface area (Å²) in [5.41, 5.74) is 0.907. The molecular formula is C16H25FN2O2. The second-order valence-electron chi connectivity index (χ2n) is 6.47. The Kier molecular flexibility index (Phi) is 6.15. The topological polar surface area (TPSA) is 52.6 Å². The van der Waals surface area contributed by atoms with Gasteiger partial charge in [0.15, 0.2) is 0 Å². The number of carbonyl (C=O) groups is 1. The number of aliphatic hydroxyl groups is 1. The molecule has 0 aromatic heterocycles. The van der Waals surface area contributed by atoms with Crippen molar-refractivity contribution in [1.29, 1.82) is 0 Å². The maximum Gasteiger partial charge on any atom is 0.321 e. The minimum atomic E-state index is -0.443.